The third kappa shape index (κ3) is 5.94. The van der Waals surface area contributed by atoms with Crippen LogP contribution in [-0.2, 0) is 26.3 Å². The molecule has 178 valence electrons. The number of anilines is 1. The van der Waals surface area contributed by atoms with Crippen LogP contribution >= 0.6 is 11.3 Å². The third-order valence-corrected chi connectivity index (χ3v) is 6.24. The lowest BCUT2D eigenvalue weighted by molar-refractivity contribution is -0.134. The maximum absolute atomic E-state index is 11.3. The lowest BCUT2D eigenvalue weighted by atomic mass is 9.77. The number of hydrogen-bond acceptors (Lipinski definition) is 7. The van der Waals surface area contributed by atoms with Gasteiger partial charge in [0.2, 0.25) is 0 Å². The first-order valence-electron chi connectivity index (χ1n) is 11.4. The Hall–Kier alpha value is -3.97. The number of benzene rings is 3. The second kappa shape index (κ2) is 11.9. The molecular formula is C28H27N3O3S. The van der Waals surface area contributed by atoms with Crippen molar-refractivity contribution in [3.8, 4) is 0 Å². The molecule has 0 atom stereocenters. The largest absolute Gasteiger partial charge is 0.462 e. The summed E-state index contributed by atoms with van der Waals surface area (Å²) in [6, 6.07) is 31.2. The summed E-state index contributed by atoms with van der Waals surface area (Å²) in [4.78, 5) is 21.3. The molecule has 3 aromatic carbocycles. The molecule has 0 bridgehead atoms. The van der Waals surface area contributed by atoms with Gasteiger partial charge in [0.05, 0.1) is 12.3 Å². The van der Waals surface area contributed by atoms with Crippen molar-refractivity contribution in [1.29, 1.82) is 0 Å². The Morgan fingerprint density at radius 2 is 1.49 bits per heavy atom. The third-order valence-electron chi connectivity index (χ3n) is 5.44. The van der Waals surface area contributed by atoms with Gasteiger partial charge in [-0.2, -0.15) is 0 Å². The molecule has 0 aliphatic carbocycles. The molecule has 7 heteroatoms. The first-order chi connectivity index (χ1) is 17.2. The molecule has 0 unspecified atom stereocenters. The summed E-state index contributed by atoms with van der Waals surface area (Å²) in [6.45, 7) is 2.35. The SMILES string of the molecule is CCOC(=O)/C=N/OCCc1csc(NC(c2ccccc2)(c2ccccc2)c2ccccc2)n1. The van der Waals surface area contributed by atoms with Crippen molar-refractivity contribution in [3.63, 3.8) is 0 Å². The van der Waals surface area contributed by atoms with Gasteiger partial charge in [-0.1, -0.05) is 96.2 Å². The van der Waals surface area contributed by atoms with Gasteiger partial charge >= 0.3 is 5.97 Å². The maximum Gasteiger partial charge on any atom is 0.352 e. The Kier molecular flexibility index (Phi) is 8.25. The van der Waals surface area contributed by atoms with E-state index in [0.29, 0.717) is 19.6 Å². The standard InChI is InChI=1S/C28H27N3O3S/c1-2-33-26(32)20-29-34-19-18-25-21-35-27(30-25)31-28(22-12-6-3-7-13-22,23-14-8-4-9-15-23)24-16-10-5-11-17-24/h3-17,20-21H,2,18-19H2,1H3,(H,30,31)/b29-20+. The zero-order chi connectivity index (χ0) is 24.3. The van der Waals surface area contributed by atoms with Crippen molar-refractivity contribution >= 4 is 28.7 Å². The molecule has 0 spiro atoms. The summed E-state index contributed by atoms with van der Waals surface area (Å²) < 4.78 is 4.78. The Morgan fingerprint density at radius 3 is 2.00 bits per heavy atom. The number of nitrogens with one attached hydrogen (secondary N) is 1. The number of thiazole rings is 1. The summed E-state index contributed by atoms with van der Waals surface area (Å²) in [7, 11) is 0. The van der Waals surface area contributed by atoms with Crippen LogP contribution < -0.4 is 5.32 Å². The molecule has 0 saturated heterocycles. The number of rotatable bonds is 11. The Morgan fingerprint density at radius 1 is 0.943 bits per heavy atom. The van der Waals surface area contributed by atoms with E-state index in [4.69, 9.17) is 14.6 Å². The maximum atomic E-state index is 11.3. The normalized spacial score (nSPS) is 11.3. The van der Waals surface area contributed by atoms with Gasteiger partial charge in [-0.25, -0.2) is 9.78 Å². The minimum atomic E-state index is -0.626. The Bertz CT molecular complexity index is 1130. The summed E-state index contributed by atoms with van der Waals surface area (Å²) >= 11 is 1.55. The van der Waals surface area contributed by atoms with E-state index < -0.39 is 11.5 Å². The predicted molar refractivity (Wildman–Crippen MR) is 140 cm³/mol. The van der Waals surface area contributed by atoms with Crippen molar-refractivity contribution in [2.24, 2.45) is 5.16 Å². The Balaban J connectivity index is 1.60. The van der Waals surface area contributed by atoms with Crippen molar-refractivity contribution in [2.45, 2.75) is 18.9 Å². The highest BCUT2D eigenvalue weighted by Crippen LogP contribution is 2.40. The predicted octanol–water partition coefficient (Wildman–Crippen LogP) is 5.66. The number of esters is 1. The number of carbonyl (C=O) groups excluding carboxylic acids is 1. The minimum Gasteiger partial charge on any atom is -0.462 e. The molecular weight excluding hydrogens is 458 g/mol. The highest BCUT2D eigenvalue weighted by Gasteiger charge is 2.37. The quantitative estimate of drug-likeness (QED) is 0.0976. The van der Waals surface area contributed by atoms with Crippen molar-refractivity contribution < 1.29 is 14.4 Å². The average Bonchev–Trinajstić information content (AvgIpc) is 3.36. The number of hydrogen-bond donors (Lipinski definition) is 1. The van der Waals surface area contributed by atoms with Crippen LogP contribution in [0.15, 0.2) is 102 Å². The van der Waals surface area contributed by atoms with Crippen LogP contribution in [0.4, 0.5) is 5.13 Å². The summed E-state index contributed by atoms with van der Waals surface area (Å²) in [6.07, 6.45) is 1.60. The monoisotopic (exact) mass is 485 g/mol. The molecule has 1 aromatic heterocycles. The molecule has 0 radical (unpaired) electrons. The van der Waals surface area contributed by atoms with Gasteiger partial charge in [0.1, 0.15) is 12.1 Å². The lowest BCUT2D eigenvalue weighted by Gasteiger charge is -2.36. The fraction of sp³-hybridized carbons (Fsp3) is 0.179. The van der Waals surface area contributed by atoms with Gasteiger partial charge in [-0.15, -0.1) is 11.3 Å². The second-order valence-corrected chi connectivity index (χ2v) is 8.54. The number of nitrogens with zero attached hydrogens (tertiary/aromatic N) is 2. The molecule has 6 nitrogen and oxygen atoms in total. The average molecular weight is 486 g/mol. The number of oxime groups is 1. The van der Waals surface area contributed by atoms with Crippen molar-refractivity contribution in [1.82, 2.24) is 4.98 Å². The smallest absolute Gasteiger partial charge is 0.352 e. The summed E-state index contributed by atoms with van der Waals surface area (Å²) in [5, 5.41) is 10.2. The van der Waals surface area contributed by atoms with Gasteiger partial charge in [-0.3, -0.25) is 0 Å². The highest BCUT2D eigenvalue weighted by atomic mass is 32.1. The van der Waals surface area contributed by atoms with E-state index in [1.807, 2.05) is 23.6 Å². The van der Waals surface area contributed by atoms with Gasteiger partial charge in [-0.05, 0) is 23.6 Å². The molecule has 1 heterocycles. The van der Waals surface area contributed by atoms with Crippen molar-refractivity contribution in [3.05, 3.63) is 119 Å². The van der Waals surface area contributed by atoms with Crippen LogP contribution in [0.5, 0.6) is 0 Å². The van der Waals surface area contributed by atoms with Gasteiger partial charge < -0.3 is 14.9 Å². The van der Waals surface area contributed by atoms with Gasteiger partial charge in [0.15, 0.2) is 11.3 Å². The second-order valence-electron chi connectivity index (χ2n) is 7.69. The van der Waals surface area contributed by atoms with E-state index in [-0.39, 0.29) is 0 Å². The molecule has 0 fully saturated rings. The molecule has 0 aliphatic rings. The van der Waals surface area contributed by atoms with E-state index in [0.717, 1.165) is 33.7 Å². The van der Waals surface area contributed by atoms with E-state index in [1.165, 1.54) is 0 Å². The zero-order valence-electron chi connectivity index (χ0n) is 19.5. The number of ether oxygens (including phenoxy) is 1. The van der Waals surface area contributed by atoms with E-state index >= 15 is 0 Å². The van der Waals surface area contributed by atoms with E-state index in [9.17, 15) is 4.79 Å². The number of aromatic nitrogens is 1. The summed E-state index contributed by atoms with van der Waals surface area (Å²) in [5.41, 5.74) is 3.61. The van der Waals surface area contributed by atoms with E-state index in [2.05, 4.69) is 83.3 Å². The van der Waals surface area contributed by atoms with Gasteiger partial charge in [0, 0.05) is 11.8 Å². The molecule has 4 rings (SSSR count). The molecule has 0 amide bonds. The van der Waals surface area contributed by atoms with Crippen LogP contribution in [0, 0.1) is 0 Å². The highest BCUT2D eigenvalue weighted by molar-refractivity contribution is 7.13. The lowest BCUT2D eigenvalue weighted by Crippen LogP contribution is -2.38. The van der Waals surface area contributed by atoms with Crippen LogP contribution in [0.1, 0.15) is 29.3 Å². The topological polar surface area (TPSA) is 72.8 Å². The minimum absolute atomic E-state index is 0.301. The van der Waals surface area contributed by atoms with Gasteiger partial charge in [0.25, 0.3) is 0 Å². The number of carbonyl (C=O) groups is 1. The van der Waals surface area contributed by atoms with Crippen LogP contribution in [0.2, 0.25) is 0 Å². The zero-order valence-corrected chi connectivity index (χ0v) is 20.3. The Labute approximate surface area is 209 Å². The van der Waals surface area contributed by atoms with E-state index in [1.54, 1.807) is 18.3 Å². The van der Waals surface area contributed by atoms with Crippen molar-refractivity contribution in [2.75, 3.05) is 18.5 Å². The molecule has 35 heavy (non-hydrogen) atoms. The fourth-order valence-electron chi connectivity index (χ4n) is 3.88. The fourth-order valence-corrected chi connectivity index (χ4v) is 4.68. The first-order valence-corrected chi connectivity index (χ1v) is 12.3. The molecule has 4 aromatic rings. The van der Waals surface area contributed by atoms with Crippen LogP contribution in [0.3, 0.4) is 0 Å². The molecule has 0 saturated carbocycles. The first kappa shape index (κ1) is 24.2. The molecule has 0 aliphatic heterocycles. The van der Waals surface area contributed by atoms with Crippen LogP contribution in [0.25, 0.3) is 0 Å². The summed E-state index contributed by atoms with van der Waals surface area (Å²) in [5.74, 6) is -0.522. The van der Waals surface area contributed by atoms with Crippen LogP contribution in [-0.4, -0.2) is 30.4 Å². The molecule has 1 N–H and O–H groups in total.